The van der Waals surface area contributed by atoms with Crippen LogP contribution in [-0.4, -0.2) is 20.2 Å². The zero-order valence-corrected chi connectivity index (χ0v) is 11.1. The van der Waals surface area contributed by atoms with Crippen LogP contribution in [0.3, 0.4) is 0 Å². The summed E-state index contributed by atoms with van der Waals surface area (Å²) >= 11 is 0. The highest BCUT2D eigenvalue weighted by Crippen LogP contribution is 2.31. The second-order valence-electron chi connectivity index (χ2n) is 4.03. The van der Waals surface area contributed by atoms with Crippen molar-refractivity contribution in [3.05, 3.63) is 53.2 Å². The number of furan rings is 1. The number of ether oxygens (including phenoxy) is 2. The molecule has 0 spiro atoms. The lowest BCUT2D eigenvalue weighted by Gasteiger charge is -2.14. The number of hydrogen-bond donors (Lipinski definition) is 1. The van der Waals surface area contributed by atoms with Crippen molar-refractivity contribution in [3.8, 4) is 5.75 Å². The van der Waals surface area contributed by atoms with Gasteiger partial charge in [0.1, 0.15) is 17.3 Å². The van der Waals surface area contributed by atoms with Crippen LogP contribution in [0, 0.1) is 5.82 Å². The Hall–Kier alpha value is -2.34. The largest absolute Gasteiger partial charge is 0.496 e. The van der Waals surface area contributed by atoms with Gasteiger partial charge in [0.05, 0.1) is 25.8 Å². The van der Waals surface area contributed by atoms with Crippen LogP contribution in [0.5, 0.6) is 5.75 Å². The van der Waals surface area contributed by atoms with Crippen molar-refractivity contribution in [3.63, 3.8) is 0 Å². The monoisotopic (exact) mass is 279 g/mol. The van der Waals surface area contributed by atoms with Gasteiger partial charge in [-0.3, -0.25) is 0 Å². The summed E-state index contributed by atoms with van der Waals surface area (Å²) < 4.78 is 28.8. The average molecular weight is 279 g/mol. The molecule has 1 atom stereocenters. The summed E-state index contributed by atoms with van der Waals surface area (Å²) in [6, 6.07) is 6.44. The summed E-state index contributed by atoms with van der Waals surface area (Å²) in [5.41, 5.74) is 6.15. The standard InChI is InChI=1S/C14H14FNO4/c1-18-9-5-3-4-8(15)12(9)13(16)10-6-7-11(20-10)14(17)19-2/h3-7,13H,16H2,1-2H3. The van der Waals surface area contributed by atoms with Crippen molar-refractivity contribution in [2.24, 2.45) is 5.73 Å². The number of nitrogens with two attached hydrogens (primary N) is 1. The summed E-state index contributed by atoms with van der Waals surface area (Å²) in [6.45, 7) is 0. The van der Waals surface area contributed by atoms with E-state index in [0.29, 0.717) is 5.75 Å². The van der Waals surface area contributed by atoms with Gasteiger partial charge in [-0.25, -0.2) is 9.18 Å². The Kier molecular flexibility index (Phi) is 4.05. The van der Waals surface area contributed by atoms with Crippen molar-refractivity contribution in [2.45, 2.75) is 6.04 Å². The summed E-state index contributed by atoms with van der Waals surface area (Å²) in [7, 11) is 2.66. The molecule has 20 heavy (non-hydrogen) atoms. The van der Waals surface area contributed by atoms with E-state index in [1.165, 1.54) is 38.5 Å². The summed E-state index contributed by atoms with van der Waals surface area (Å²) in [4.78, 5) is 11.3. The average Bonchev–Trinajstić information content (AvgIpc) is 2.95. The number of halogens is 1. The number of carbonyl (C=O) groups is 1. The number of benzene rings is 1. The molecule has 0 saturated carbocycles. The normalized spacial score (nSPS) is 12.0. The topological polar surface area (TPSA) is 74.7 Å². The SMILES string of the molecule is COC(=O)c1ccc(C(N)c2c(F)cccc2OC)o1. The highest BCUT2D eigenvalue weighted by molar-refractivity contribution is 5.86. The summed E-state index contributed by atoms with van der Waals surface area (Å²) in [5, 5.41) is 0. The second kappa shape index (κ2) is 5.75. The molecule has 1 unspecified atom stereocenters. The van der Waals surface area contributed by atoms with Crippen LogP contribution in [0.15, 0.2) is 34.7 Å². The van der Waals surface area contributed by atoms with Gasteiger partial charge in [0, 0.05) is 0 Å². The predicted molar refractivity (Wildman–Crippen MR) is 69.0 cm³/mol. The zero-order chi connectivity index (χ0) is 14.7. The molecular weight excluding hydrogens is 265 g/mol. The van der Waals surface area contributed by atoms with Crippen LogP contribution in [0.2, 0.25) is 0 Å². The van der Waals surface area contributed by atoms with E-state index in [9.17, 15) is 9.18 Å². The van der Waals surface area contributed by atoms with E-state index in [4.69, 9.17) is 14.9 Å². The van der Waals surface area contributed by atoms with Crippen molar-refractivity contribution < 1.29 is 23.1 Å². The molecule has 0 aliphatic carbocycles. The molecule has 0 amide bonds. The van der Waals surface area contributed by atoms with Gasteiger partial charge in [0.15, 0.2) is 0 Å². The fourth-order valence-corrected chi connectivity index (χ4v) is 1.87. The van der Waals surface area contributed by atoms with Crippen molar-refractivity contribution in [1.29, 1.82) is 0 Å². The molecular formula is C14H14FNO4. The molecule has 0 bridgehead atoms. The fraction of sp³-hybridized carbons (Fsp3) is 0.214. The first-order valence-electron chi connectivity index (χ1n) is 5.84. The Balaban J connectivity index is 2.39. The van der Waals surface area contributed by atoms with E-state index < -0.39 is 17.8 Å². The third-order valence-corrected chi connectivity index (χ3v) is 2.86. The first kappa shape index (κ1) is 14.1. The number of hydrogen-bond acceptors (Lipinski definition) is 5. The highest BCUT2D eigenvalue weighted by Gasteiger charge is 2.22. The maximum Gasteiger partial charge on any atom is 0.373 e. The molecule has 2 rings (SSSR count). The van der Waals surface area contributed by atoms with Gasteiger partial charge in [-0.15, -0.1) is 0 Å². The molecule has 0 aliphatic heterocycles. The second-order valence-corrected chi connectivity index (χ2v) is 4.03. The molecule has 0 saturated heterocycles. The number of rotatable bonds is 4. The molecule has 6 heteroatoms. The van der Waals surface area contributed by atoms with Gasteiger partial charge >= 0.3 is 5.97 Å². The zero-order valence-electron chi connectivity index (χ0n) is 11.1. The van der Waals surface area contributed by atoms with Gasteiger partial charge in [0.2, 0.25) is 5.76 Å². The van der Waals surface area contributed by atoms with Gasteiger partial charge in [-0.05, 0) is 24.3 Å². The molecule has 0 fully saturated rings. The molecule has 1 aromatic carbocycles. The van der Waals surface area contributed by atoms with Crippen molar-refractivity contribution in [2.75, 3.05) is 14.2 Å². The quantitative estimate of drug-likeness (QED) is 0.869. The highest BCUT2D eigenvalue weighted by atomic mass is 19.1. The van der Waals surface area contributed by atoms with Crippen molar-refractivity contribution >= 4 is 5.97 Å². The molecule has 5 nitrogen and oxygen atoms in total. The third-order valence-electron chi connectivity index (χ3n) is 2.86. The van der Waals surface area contributed by atoms with Crippen LogP contribution < -0.4 is 10.5 Å². The minimum atomic E-state index is -0.885. The van der Waals surface area contributed by atoms with E-state index >= 15 is 0 Å². The molecule has 0 aliphatic rings. The van der Waals surface area contributed by atoms with Crippen LogP contribution in [0.1, 0.15) is 27.9 Å². The van der Waals surface area contributed by atoms with Crippen LogP contribution >= 0.6 is 0 Å². The Morgan fingerprint density at radius 1 is 1.30 bits per heavy atom. The molecule has 2 N–H and O–H groups in total. The first-order valence-corrected chi connectivity index (χ1v) is 5.84. The lowest BCUT2D eigenvalue weighted by Crippen LogP contribution is -2.14. The third kappa shape index (κ3) is 2.50. The van der Waals surface area contributed by atoms with E-state index in [-0.39, 0.29) is 17.1 Å². The van der Waals surface area contributed by atoms with E-state index in [1.54, 1.807) is 6.07 Å². The van der Waals surface area contributed by atoms with Gasteiger partial charge in [-0.2, -0.15) is 0 Å². The smallest absolute Gasteiger partial charge is 0.373 e. The first-order chi connectivity index (χ1) is 9.58. The van der Waals surface area contributed by atoms with Gasteiger partial charge in [-0.1, -0.05) is 6.07 Å². The van der Waals surface area contributed by atoms with Crippen molar-refractivity contribution in [1.82, 2.24) is 0 Å². The summed E-state index contributed by atoms with van der Waals surface area (Å²) in [6.07, 6.45) is 0. The van der Waals surface area contributed by atoms with Gasteiger partial charge < -0.3 is 19.6 Å². The molecule has 1 aromatic heterocycles. The van der Waals surface area contributed by atoms with Gasteiger partial charge in [0.25, 0.3) is 0 Å². The Bertz CT molecular complexity index is 623. The Morgan fingerprint density at radius 3 is 2.70 bits per heavy atom. The minimum absolute atomic E-state index is 0.00764. The summed E-state index contributed by atoms with van der Waals surface area (Å²) in [5.74, 6) is -0.563. The molecule has 1 heterocycles. The maximum atomic E-state index is 13.9. The maximum absolute atomic E-state index is 13.9. The van der Waals surface area contributed by atoms with Crippen LogP contribution in [-0.2, 0) is 4.74 Å². The van der Waals surface area contributed by atoms with Crippen LogP contribution in [0.25, 0.3) is 0 Å². The molecule has 2 aromatic rings. The predicted octanol–water partition coefficient (Wildman–Crippen LogP) is 2.26. The Labute approximate surface area is 115 Å². The minimum Gasteiger partial charge on any atom is -0.496 e. The fourth-order valence-electron chi connectivity index (χ4n) is 1.87. The number of methoxy groups -OCH3 is 2. The lowest BCUT2D eigenvalue weighted by molar-refractivity contribution is 0.0562. The van der Waals surface area contributed by atoms with Crippen LogP contribution in [0.4, 0.5) is 4.39 Å². The Morgan fingerprint density at radius 2 is 2.05 bits per heavy atom. The number of carbonyl (C=O) groups excluding carboxylic acids is 1. The van der Waals surface area contributed by atoms with E-state index in [1.807, 2.05) is 0 Å². The van der Waals surface area contributed by atoms with E-state index in [0.717, 1.165) is 0 Å². The lowest BCUT2D eigenvalue weighted by atomic mass is 10.0. The number of esters is 1. The molecule has 106 valence electrons. The van der Waals surface area contributed by atoms with E-state index in [2.05, 4.69) is 4.74 Å². The molecule has 0 radical (unpaired) electrons.